The third-order valence-corrected chi connectivity index (χ3v) is 4.50. The maximum absolute atomic E-state index is 13.5. The highest BCUT2D eigenvalue weighted by Crippen LogP contribution is 2.35. The topological polar surface area (TPSA) is 52.9 Å². The van der Waals surface area contributed by atoms with Crippen molar-refractivity contribution in [3.63, 3.8) is 0 Å². The van der Waals surface area contributed by atoms with Gasteiger partial charge in [-0.1, -0.05) is 24.6 Å². The second kappa shape index (κ2) is 6.79. The van der Waals surface area contributed by atoms with Crippen molar-refractivity contribution in [3.8, 4) is 6.07 Å². The van der Waals surface area contributed by atoms with Gasteiger partial charge in [0.15, 0.2) is 11.6 Å². The molecule has 1 amide bonds. The van der Waals surface area contributed by atoms with Gasteiger partial charge in [-0.05, 0) is 42.7 Å². The Morgan fingerprint density at radius 2 is 1.92 bits per heavy atom. The number of hydrogen-bond donors (Lipinski definition) is 1. The molecule has 1 aliphatic carbocycles. The molecular weight excluding hydrogens is 310 g/mol. The van der Waals surface area contributed by atoms with Crippen LogP contribution in [-0.4, -0.2) is 11.9 Å². The number of carbonyl (C=O) groups excluding carboxylic acids is 1. The Bertz CT molecular complexity index is 813. The fraction of sp³-hybridized carbons (Fsp3) is 0.263. The number of hydrogen-bond acceptors (Lipinski definition) is 2. The minimum Gasteiger partial charge on any atom is -0.349 e. The second-order valence-electron chi connectivity index (χ2n) is 5.95. The molecule has 2 aromatic carbocycles. The second-order valence-corrected chi connectivity index (χ2v) is 5.95. The van der Waals surface area contributed by atoms with E-state index < -0.39 is 11.6 Å². The molecule has 2 atom stereocenters. The molecule has 5 heteroatoms. The van der Waals surface area contributed by atoms with Crippen molar-refractivity contribution in [2.45, 2.75) is 31.2 Å². The van der Waals surface area contributed by atoms with Crippen molar-refractivity contribution in [2.75, 3.05) is 0 Å². The van der Waals surface area contributed by atoms with E-state index in [-0.39, 0.29) is 17.9 Å². The molecule has 1 saturated carbocycles. The van der Waals surface area contributed by atoms with Gasteiger partial charge in [0.2, 0.25) is 0 Å². The molecule has 122 valence electrons. The van der Waals surface area contributed by atoms with Crippen LogP contribution in [0.5, 0.6) is 0 Å². The van der Waals surface area contributed by atoms with E-state index in [0.717, 1.165) is 25.3 Å². The van der Waals surface area contributed by atoms with E-state index in [1.54, 1.807) is 30.3 Å². The summed E-state index contributed by atoms with van der Waals surface area (Å²) < 4.78 is 26.6. The average Bonchev–Trinajstić information content (AvgIpc) is 3.05. The van der Waals surface area contributed by atoms with Gasteiger partial charge in [0.25, 0.3) is 5.91 Å². The maximum Gasteiger partial charge on any atom is 0.252 e. The molecule has 1 aliphatic rings. The normalized spacial score (nSPS) is 19.7. The molecule has 2 aromatic rings. The van der Waals surface area contributed by atoms with Gasteiger partial charge in [-0.3, -0.25) is 4.79 Å². The van der Waals surface area contributed by atoms with Crippen LogP contribution in [0.1, 0.15) is 46.7 Å². The van der Waals surface area contributed by atoms with Crippen LogP contribution in [0.2, 0.25) is 0 Å². The quantitative estimate of drug-likeness (QED) is 0.930. The number of carbonyl (C=O) groups is 1. The lowest BCUT2D eigenvalue weighted by atomic mass is 9.93. The summed E-state index contributed by atoms with van der Waals surface area (Å²) in [5.41, 5.74) is 1.33. The highest BCUT2D eigenvalue weighted by Gasteiger charge is 2.31. The first-order chi connectivity index (χ1) is 11.6. The molecular formula is C19H16F2N2O. The van der Waals surface area contributed by atoms with Crippen molar-refractivity contribution in [3.05, 3.63) is 70.8 Å². The molecule has 3 nitrogen and oxygen atoms in total. The minimum atomic E-state index is -0.876. The largest absolute Gasteiger partial charge is 0.349 e. The molecule has 0 aromatic heterocycles. The van der Waals surface area contributed by atoms with E-state index in [2.05, 4.69) is 5.32 Å². The van der Waals surface area contributed by atoms with Gasteiger partial charge >= 0.3 is 0 Å². The molecule has 0 aliphatic heterocycles. The van der Waals surface area contributed by atoms with Gasteiger partial charge in [0.05, 0.1) is 17.2 Å². The lowest BCUT2D eigenvalue weighted by Crippen LogP contribution is -2.36. The molecule has 1 N–H and O–H groups in total. The van der Waals surface area contributed by atoms with Crippen molar-refractivity contribution < 1.29 is 13.6 Å². The third kappa shape index (κ3) is 3.13. The number of halogens is 2. The van der Waals surface area contributed by atoms with Crippen LogP contribution in [0.25, 0.3) is 0 Å². The van der Waals surface area contributed by atoms with Gasteiger partial charge in [0, 0.05) is 12.0 Å². The predicted octanol–water partition coefficient (Wildman–Crippen LogP) is 3.90. The van der Waals surface area contributed by atoms with E-state index in [4.69, 9.17) is 5.26 Å². The van der Waals surface area contributed by atoms with E-state index >= 15 is 0 Å². The number of amides is 1. The Morgan fingerprint density at radius 3 is 2.67 bits per heavy atom. The van der Waals surface area contributed by atoms with Crippen molar-refractivity contribution >= 4 is 5.91 Å². The summed E-state index contributed by atoms with van der Waals surface area (Å²) in [6.45, 7) is 0. The number of benzene rings is 2. The zero-order chi connectivity index (χ0) is 17.1. The zero-order valence-electron chi connectivity index (χ0n) is 12.9. The van der Waals surface area contributed by atoms with Gasteiger partial charge in [-0.25, -0.2) is 8.78 Å². The van der Waals surface area contributed by atoms with Gasteiger partial charge in [-0.15, -0.1) is 0 Å². The summed E-state index contributed by atoms with van der Waals surface area (Å²) in [4.78, 5) is 12.5. The molecule has 0 bridgehead atoms. The monoisotopic (exact) mass is 326 g/mol. The fourth-order valence-electron chi connectivity index (χ4n) is 3.30. The maximum atomic E-state index is 13.5. The number of nitrogens with one attached hydrogen (secondary N) is 1. The molecule has 0 unspecified atom stereocenters. The first-order valence-corrected chi connectivity index (χ1v) is 7.85. The molecule has 24 heavy (non-hydrogen) atoms. The average molecular weight is 326 g/mol. The Hall–Kier alpha value is -2.74. The van der Waals surface area contributed by atoms with Crippen molar-refractivity contribution in [1.29, 1.82) is 5.26 Å². The lowest BCUT2D eigenvalue weighted by molar-refractivity contribution is 0.0934. The van der Waals surface area contributed by atoms with E-state index in [1.807, 2.05) is 6.07 Å². The lowest BCUT2D eigenvalue weighted by Gasteiger charge is -2.22. The summed E-state index contributed by atoms with van der Waals surface area (Å²) in [6.07, 6.45) is 2.47. The van der Waals surface area contributed by atoms with Crippen LogP contribution >= 0.6 is 0 Å². The van der Waals surface area contributed by atoms with Crippen LogP contribution < -0.4 is 5.32 Å². The summed E-state index contributed by atoms with van der Waals surface area (Å²) in [5, 5.41) is 12.1. The molecule has 1 fully saturated rings. The standard InChI is InChI=1S/C19H16F2N2O/c20-16-9-8-12(10-17(16)21)14-6-3-7-18(14)23-19(24)15-5-2-1-4-13(15)11-22/h1-2,4-5,8-10,14,18H,3,6-7H2,(H,23,24)/t14-,18+/m0/s1. The van der Waals surface area contributed by atoms with Crippen molar-refractivity contribution in [2.24, 2.45) is 0 Å². The summed E-state index contributed by atoms with van der Waals surface area (Å²) in [6, 6.07) is 12.3. The first kappa shape index (κ1) is 16.1. The van der Waals surface area contributed by atoms with Crippen LogP contribution in [0.4, 0.5) is 8.78 Å². The smallest absolute Gasteiger partial charge is 0.252 e. The Balaban J connectivity index is 1.80. The third-order valence-electron chi connectivity index (χ3n) is 4.50. The Kier molecular flexibility index (Phi) is 4.57. The molecule has 0 saturated heterocycles. The Labute approximate surface area is 138 Å². The molecule has 3 rings (SSSR count). The molecule has 0 spiro atoms. The van der Waals surface area contributed by atoms with Crippen LogP contribution in [-0.2, 0) is 0 Å². The number of rotatable bonds is 3. The Morgan fingerprint density at radius 1 is 1.12 bits per heavy atom. The summed E-state index contributed by atoms with van der Waals surface area (Å²) in [5.74, 6) is -2.12. The van der Waals surface area contributed by atoms with Gasteiger partial charge in [-0.2, -0.15) is 5.26 Å². The summed E-state index contributed by atoms with van der Waals surface area (Å²) in [7, 11) is 0. The van der Waals surface area contributed by atoms with E-state index in [1.165, 1.54) is 6.07 Å². The van der Waals surface area contributed by atoms with Gasteiger partial charge in [0.1, 0.15) is 0 Å². The number of nitrogens with zero attached hydrogens (tertiary/aromatic N) is 1. The van der Waals surface area contributed by atoms with Crippen molar-refractivity contribution in [1.82, 2.24) is 5.32 Å². The van der Waals surface area contributed by atoms with Crippen LogP contribution in [0.3, 0.4) is 0 Å². The van der Waals surface area contributed by atoms with Crippen LogP contribution in [0, 0.1) is 23.0 Å². The minimum absolute atomic E-state index is 0.0571. The van der Waals surface area contributed by atoms with Gasteiger partial charge < -0.3 is 5.32 Å². The molecule has 0 heterocycles. The fourth-order valence-corrected chi connectivity index (χ4v) is 3.30. The van der Waals surface area contributed by atoms with Crippen LogP contribution in [0.15, 0.2) is 42.5 Å². The highest BCUT2D eigenvalue weighted by atomic mass is 19.2. The summed E-state index contributed by atoms with van der Waals surface area (Å²) >= 11 is 0. The highest BCUT2D eigenvalue weighted by molar-refractivity contribution is 5.96. The SMILES string of the molecule is N#Cc1ccccc1C(=O)N[C@@H]1CCC[C@H]1c1ccc(F)c(F)c1. The molecule has 0 radical (unpaired) electrons. The van der Waals surface area contributed by atoms with E-state index in [9.17, 15) is 13.6 Å². The zero-order valence-corrected chi connectivity index (χ0v) is 12.9. The number of nitriles is 1. The predicted molar refractivity (Wildman–Crippen MR) is 85.4 cm³/mol. The van der Waals surface area contributed by atoms with E-state index in [0.29, 0.717) is 16.7 Å². The first-order valence-electron chi connectivity index (χ1n) is 7.85.